The van der Waals surface area contributed by atoms with Gasteiger partial charge in [-0.15, -0.1) is 0 Å². The minimum atomic E-state index is -0.489. The van der Waals surface area contributed by atoms with Crippen LogP contribution in [-0.4, -0.2) is 18.9 Å². The molecule has 0 spiro atoms. The summed E-state index contributed by atoms with van der Waals surface area (Å²) in [6, 6.07) is 20.3. The Kier molecular flexibility index (Phi) is 6.25. The van der Waals surface area contributed by atoms with E-state index in [-0.39, 0.29) is 5.78 Å². The van der Waals surface area contributed by atoms with E-state index in [1.54, 1.807) is 72.8 Å². The number of ether oxygens (including phenoxy) is 2. The van der Waals surface area contributed by atoms with Crippen molar-refractivity contribution in [2.24, 2.45) is 0 Å². The van der Waals surface area contributed by atoms with Crippen LogP contribution in [0.15, 0.2) is 78.9 Å². The number of carbonyl (C=O) groups excluding carboxylic acids is 2. The highest BCUT2D eigenvalue weighted by Gasteiger charge is 2.10. The third-order valence-corrected chi connectivity index (χ3v) is 4.18. The van der Waals surface area contributed by atoms with Crippen molar-refractivity contribution in [3.8, 4) is 11.5 Å². The van der Waals surface area contributed by atoms with E-state index < -0.39 is 5.97 Å². The molecule has 0 fully saturated rings. The molecule has 0 saturated carbocycles. The summed E-state index contributed by atoms with van der Waals surface area (Å²) in [5.74, 6) is 0.327. The first-order valence-electron chi connectivity index (χ1n) is 8.49. The second-order valence-corrected chi connectivity index (χ2v) is 6.33. The van der Waals surface area contributed by atoms with Crippen molar-refractivity contribution in [3.63, 3.8) is 0 Å². The highest BCUT2D eigenvalue weighted by molar-refractivity contribution is 6.30. The standard InChI is InChI=1S/C23H17ClO4/c1-27-20-6-3-5-18(15-20)23(26)28-21-7-2-4-16(14-21)8-13-22(25)17-9-11-19(24)12-10-17/h2-15H,1H3. The van der Waals surface area contributed by atoms with E-state index in [2.05, 4.69) is 0 Å². The van der Waals surface area contributed by atoms with Crippen LogP contribution in [-0.2, 0) is 0 Å². The molecule has 5 heteroatoms. The minimum Gasteiger partial charge on any atom is -0.497 e. The van der Waals surface area contributed by atoms with Gasteiger partial charge in [-0.05, 0) is 66.2 Å². The SMILES string of the molecule is COc1cccc(C(=O)Oc2cccc(C=CC(=O)c3ccc(Cl)cc3)c2)c1. The Bertz CT molecular complexity index is 1020. The lowest BCUT2D eigenvalue weighted by molar-refractivity contribution is 0.0734. The molecule has 0 aliphatic carbocycles. The van der Waals surface area contributed by atoms with Crippen molar-refractivity contribution >= 4 is 29.4 Å². The maximum absolute atomic E-state index is 12.3. The third-order valence-electron chi connectivity index (χ3n) is 3.93. The predicted molar refractivity (Wildman–Crippen MR) is 109 cm³/mol. The van der Waals surface area contributed by atoms with E-state index in [1.807, 2.05) is 6.07 Å². The molecule has 3 rings (SSSR count). The van der Waals surface area contributed by atoms with Crippen LogP contribution in [0.2, 0.25) is 5.02 Å². The molecule has 28 heavy (non-hydrogen) atoms. The van der Waals surface area contributed by atoms with E-state index in [0.717, 1.165) is 5.56 Å². The maximum Gasteiger partial charge on any atom is 0.343 e. The molecule has 4 nitrogen and oxygen atoms in total. The molecular weight excluding hydrogens is 376 g/mol. The van der Waals surface area contributed by atoms with E-state index >= 15 is 0 Å². The number of benzene rings is 3. The zero-order valence-corrected chi connectivity index (χ0v) is 15.8. The monoisotopic (exact) mass is 392 g/mol. The summed E-state index contributed by atoms with van der Waals surface area (Å²) >= 11 is 5.83. The Morgan fingerprint density at radius 1 is 0.857 bits per heavy atom. The summed E-state index contributed by atoms with van der Waals surface area (Å²) in [6.45, 7) is 0. The van der Waals surface area contributed by atoms with Crippen LogP contribution in [0.3, 0.4) is 0 Å². The summed E-state index contributed by atoms with van der Waals surface area (Å²) in [6.07, 6.45) is 3.13. The normalized spacial score (nSPS) is 10.6. The van der Waals surface area contributed by atoms with E-state index in [9.17, 15) is 9.59 Å². The van der Waals surface area contributed by atoms with E-state index in [4.69, 9.17) is 21.1 Å². The van der Waals surface area contributed by atoms with Gasteiger partial charge >= 0.3 is 5.97 Å². The third kappa shape index (κ3) is 5.09. The molecule has 0 aliphatic heterocycles. The number of halogens is 1. The molecule has 3 aromatic carbocycles. The molecular formula is C23H17ClO4. The Morgan fingerprint density at radius 3 is 2.32 bits per heavy atom. The van der Waals surface area contributed by atoms with Crippen LogP contribution in [0.5, 0.6) is 11.5 Å². The van der Waals surface area contributed by atoms with Crippen LogP contribution in [0.4, 0.5) is 0 Å². The van der Waals surface area contributed by atoms with Crippen molar-refractivity contribution < 1.29 is 19.1 Å². The van der Waals surface area contributed by atoms with Gasteiger partial charge in [-0.1, -0.05) is 35.9 Å². The Hall–Kier alpha value is -3.37. The van der Waals surface area contributed by atoms with Crippen molar-refractivity contribution in [1.82, 2.24) is 0 Å². The first kappa shape index (κ1) is 19.4. The number of hydrogen-bond acceptors (Lipinski definition) is 4. The van der Waals surface area contributed by atoms with Crippen molar-refractivity contribution in [2.45, 2.75) is 0 Å². The molecule has 3 aromatic rings. The fourth-order valence-electron chi connectivity index (χ4n) is 2.48. The average molecular weight is 393 g/mol. The predicted octanol–water partition coefficient (Wildman–Crippen LogP) is 5.46. The topological polar surface area (TPSA) is 52.6 Å². The number of methoxy groups -OCH3 is 1. The Morgan fingerprint density at radius 2 is 1.57 bits per heavy atom. The number of hydrogen-bond donors (Lipinski definition) is 0. The highest BCUT2D eigenvalue weighted by atomic mass is 35.5. The summed E-state index contributed by atoms with van der Waals surface area (Å²) in [5.41, 5.74) is 1.66. The first-order chi connectivity index (χ1) is 13.5. The van der Waals surface area contributed by atoms with Gasteiger partial charge in [-0.2, -0.15) is 0 Å². The van der Waals surface area contributed by atoms with Crippen molar-refractivity contribution in [1.29, 1.82) is 0 Å². The molecule has 0 aliphatic rings. The zero-order valence-electron chi connectivity index (χ0n) is 15.1. The minimum absolute atomic E-state index is 0.143. The van der Waals surface area contributed by atoms with Crippen LogP contribution >= 0.6 is 11.6 Å². The molecule has 0 amide bonds. The average Bonchev–Trinajstić information content (AvgIpc) is 2.73. The van der Waals surface area contributed by atoms with E-state index in [1.165, 1.54) is 13.2 Å². The van der Waals surface area contributed by atoms with Crippen LogP contribution in [0, 0.1) is 0 Å². The first-order valence-corrected chi connectivity index (χ1v) is 8.87. The number of rotatable bonds is 6. The van der Waals surface area contributed by atoms with Gasteiger partial charge < -0.3 is 9.47 Å². The summed E-state index contributed by atoms with van der Waals surface area (Å²) < 4.78 is 10.5. The molecule has 140 valence electrons. The lowest BCUT2D eigenvalue weighted by Crippen LogP contribution is -2.08. The van der Waals surface area contributed by atoms with Crippen LogP contribution < -0.4 is 9.47 Å². The molecule has 0 saturated heterocycles. The smallest absolute Gasteiger partial charge is 0.343 e. The number of ketones is 1. The fourth-order valence-corrected chi connectivity index (χ4v) is 2.61. The summed E-state index contributed by atoms with van der Waals surface area (Å²) in [7, 11) is 1.53. The lowest BCUT2D eigenvalue weighted by Gasteiger charge is -2.06. The Labute approximate surface area is 168 Å². The molecule has 0 aromatic heterocycles. The quantitative estimate of drug-likeness (QED) is 0.242. The van der Waals surface area contributed by atoms with Crippen molar-refractivity contribution in [2.75, 3.05) is 7.11 Å². The fraction of sp³-hybridized carbons (Fsp3) is 0.0435. The number of esters is 1. The zero-order chi connectivity index (χ0) is 19.9. The molecule has 0 atom stereocenters. The molecule has 0 N–H and O–H groups in total. The van der Waals surface area contributed by atoms with Gasteiger partial charge in [0.05, 0.1) is 12.7 Å². The second kappa shape index (κ2) is 9.02. The largest absolute Gasteiger partial charge is 0.497 e. The molecule has 0 unspecified atom stereocenters. The van der Waals surface area contributed by atoms with Gasteiger partial charge in [0.15, 0.2) is 5.78 Å². The van der Waals surface area contributed by atoms with Gasteiger partial charge in [0, 0.05) is 10.6 Å². The summed E-state index contributed by atoms with van der Waals surface area (Å²) in [4.78, 5) is 24.5. The summed E-state index contributed by atoms with van der Waals surface area (Å²) in [5, 5.41) is 0.575. The van der Waals surface area contributed by atoms with Crippen LogP contribution in [0.25, 0.3) is 6.08 Å². The molecule has 0 radical (unpaired) electrons. The van der Waals surface area contributed by atoms with Gasteiger partial charge in [0.2, 0.25) is 0 Å². The van der Waals surface area contributed by atoms with E-state index in [0.29, 0.717) is 27.6 Å². The second-order valence-electron chi connectivity index (χ2n) is 5.90. The van der Waals surface area contributed by atoms with Crippen LogP contribution in [0.1, 0.15) is 26.3 Å². The molecule has 0 bridgehead atoms. The van der Waals surface area contributed by atoms with Gasteiger partial charge in [0.25, 0.3) is 0 Å². The maximum atomic E-state index is 12.3. The molecule has 0 heterocycles. The van der Waals surface area contributed by atoms with Gasteiger partial charge in [0.1, 0.15) is 11.5 Å². The highest BCUT2D eigenvalue weighted by Crippen LogP contribution is 2.19. The van der Waals surface area contributed by atoms with Gasteiger partial charge in [-0.3, -0.25) is 4.79 Å². The van der Waals surface area contributed by atoms with Crippen molar-refractivity contribution in [3.05, 3.63) is 101 Å². The lowest BCUT2D eigenvalue weighted by atomic mass is 10.1. The number of allylic oxidation sites excluding steroid dienone is 1. The van der Waals surface area contributed by atoms with Gasteiger partial charge in [-0.25, -0.2) is 4.79 Å². The Balaban J connectivity index is 1.70. The number of carbonyl (C=O) groups is 2.